The first-order chi connectivity index (χ1) is 12.1. The summed E-state index contributed by atoms with van der Waals surface area (Å²) in [6.07, 6.45) is 6.26. The maximum Gasteiger partial charge on any atom is 0.308 e. The molecule has 3 unspecified atom stereocenters. The molecule has 2 heterocycles. The molecule has 130 valence electrons. The van der Waals surface area contributed by atoms with Crippen LogP contribution in [-0.2, 0) is 9.59 Å². The summed E-state index contributed by atoms with van der Waals surface area (Å²) in [7, 11) is 0. The molecular formula is C19H20N2O3S. The van der Waals surface area contributed by atoms with Crippen molar-refractivity contribution < 1.29 is 14.7 Å². The van der Waals surface area contributed by atoms with Gasteiger partial charge in [0.1, 0.15) is 0 Å². The van der Waals surface area contributed by atoms with Crippen LogP contribution < -0.4 is 0 Å². The van der Waals surface area contributed by atoms with E-state index < -0.39 is 11.9 Å². The van der Waals surface area contributed by atoms with E-state index in [1.54, 1.807) is 16.2 Å². The van der Waals surface area contributed by atoms with E-state index in [9.17, 15) is 14.7 Å². The van der Waals surface area contributed by atoms with Gasteiger partial charge in [0.25, 0.3) is 0 Å². The molecular weight excluding hydrogens is 336 g/mol. The molecule has 1 amide bonds. The summed E-state index contributed by atoms with van der Waals surface area (Å²) in [4.78, 5) is 30.7. The second-order valence-electron chi connectivity index (χ2n) is 6.78. The summed E-state index contributed by atoms with van der Waals surface area (Å²) < 4.78 is 1.14. The number of carbonyl (C=O) groups excluding carboxylic acids is 1. The van der Waals surface area contributed by atoms with Gasteiger partial charge in [0, 0.05) is 19.0 Å². The summed E-state index contributed by atoms with van der Waals surface area (Å²) in [5.41, 5.74) is 0.982. The molecule has 1 aliphatic carbocycles. The SMILES string of the molecule is O=C(O)C1CCN(C(=O)C2CC=CCC2c2nc3ccccc3s2)C1. The normalized spacial score (nSPS) is 26.2. The number of rotatable bonds is 3. The molecule has 1 aromatic carbocycles. The molecule has 1 fully saturated rings. The zero-order valence-electron chi connectivity index (χ0n) is 13.8. The number of hydrogen-bond acceptors (Lipinski definition) is 4. The molecule has 1 aromatic heterocycles. The summed E-state index contributed by atoms with van der Waals surface area (Å²) in [6.45, 7) is 0.878. The fraction of sp³-hybridized carbons (Fsp3) is 0.421. The van der Waals surface area contributed by atoms with Crippen molar-refractivity contribution in [3.8, 4) is 0 Å². The van der Waals surface area contributed by atoms with Gasteiger partial charge in [-0.3, -0.25) is 9.59 Å². The predicted molar refractivity (Wildman–Crippen MR) is 96.5 cm³/mol. The predicted octanol–water partition coefficient (Wildman–Crippen LogP) is 3.28. The molecule has 1 N–H and O–H groups in total. The quantitative estimate of drug-likeness (QED) is 0.857. The van der Waals surface area contributed by atoms with E-state index in [0.29, 0.717) is 25.9 Å². The van der Waals surface area contributed by atoms with Crippen molar-refractivity contribution in [1.29, 1.82) is 0 Å². The van der Waals surface area contributed by atoms with Crippen LogP contribution in [-0.4, -0.2) is 40.0 Å². The molecule has 0 saturated carbocycles. The number of carboxylic acids is 1. The van der Waals surface area contributed by atoms with Crippen molar-refractivity contribution in [3.63, 3.8) is 0 Å². The maximum absolute atomic E-state index is 13.0. The van der Waals surface area contributed by atoms with Crippen molar-refractivity contribution in [2.24, 2.45) is 11.8 Å². The van der Waals surface area contributed by atoms with E-state index in [2.05, 4.69) is 18.2 Å². The van der Waals surface area contributed by atoms with Crippen LogP contribution in [0.1, 0.15) is 30.2 Å². The molecule has 6 heteroatoms. The minimum atomic E-state index is -0.804. The third-order valence-electron chi connectivity index (χ3n) is 5.23. The Bertz CT molecular complexity index is 811. The molecule has 2 aliphatic rings. The molecule has 0 bridgehead atoms. The van der Waals surface area contributed by atoms with Gasteiger partial charge >= 0.3 is 5.97 Å². The lowest BCUT2D eigenvalue weighted by Gasteiger charge is -2.29. The Morgan fingerprint density at radius 2 is 2.00 bits per heavy atom. The number of likely N-dealkylation sites (tertiary alicyclic amines) is 1. The lowest BCUT2D eigenvalue weighted by molar-refractivity contribution is -0.141. The number of thiazole rings is 1. The van der Waals surface area contributed by atoms with E-state index in [1.165, 1.54) is 0 Å². The van der Waals surface area contributed by atoms with Crippen molar-refractivity contribution in [2.45, 2.75) is 25.2 Å². The number of nitrogens with zero attached hydrogens (tertiary/aromatic N) is 2. The van der Waals surface area contributed by atoms with Gasteiger partial charge in [-0.1, -0.05) is 24.3 Å². The van der Waals surface area contributed by atoms with Crippen LogP contribution in [0.2, 0.25) is 0 Å². The summed E-state index contributed by atoms with van der Waals surface area (Å²) in [5, 5.41) is 10.2. The standard InChI is InChI=1S/C19H20N2O3S/c22-18(21-10-9-12(11-21)19(23)24)14-6-2-1-5-13(14)17-20-15-7-3-4-8-16(15)25-17/h1-4,7-8,12-14H,5-6,9-11H2,(H,23,24). The van der Waals surface area contributed by atoms with Gasteiger partial charge in [-0.25, -0.2) is 4.98 Å². The number of aliphatic carboxylic acids is 1. The molecule has 0 spiro atoms. The van der Waals surface area contributed by atoms with Crippen LogP contribution in [0.3, 0.4) is 0 Å². The average molecular weight is 356 g/mol. The minimum Gasteiger partial charge on any atom is -0.481 e. The number of fused-ring (bicyclic) bond motifs is 1. The number of para-hydroxylation sites is 1. The van der Waals surface area contributed by atoms with Crippen molar-refractivity contribution in [1.82, 2.24) is 9.88 Å². The van der Waals surface area contributed by atoms with Gasteiger partial charge in [-0.05, 0) is 31.4 Å². The van der Waals surface area contributed by atoms with Crippen LogP contribution in [0.5, 0.6) is 0 Å². The highest BCUT2D eigenvalue weighted by atomic mass is 32.1. The molecule has 2 aromatic rings. The number of aromatic nitrogens is 1. The average Bonchev–Trinajstić information content (AvgIpc) is 3.28. The fourth-order valence-electron chi connectivity index (χ4n) is 3.81. The first-order valence-corrected chi connectivity index (χ1v) is 9.47. The Kier molecular flexibility index (Phi) is 4.29. The second-order valence-corrected chi connectivity index (χ2v) is 7.85. The third-order valence-corrected chi connectivity index (χ3v) is 6.39. The molecule has 3 atom stereocenters. The van der Waals surface area contributed by atoms with Gasteiger partial charge in [-0.2, -0.15) is 0 Å². The van der Waals surface area contributed by atoms with Gasteiger partial charge < -0.3 is 10.0 Å². The van der Waals surface area contributed by atoms with Gasteiger partial charge in [0.2, 0.25) is 5.91 Å². The highest BCUT2D eigenvalue weighted by Crippen LogP contribution is 2.39. The van der Waals surface area contributed by atoms with Crippen LogP contribution in [0, 0.1) is 11.8 Å². The largest absolute Gasteiger partial charge is 0.481 e. The number of benzene rings is 1. The smallest absolute Gasteiger partial charge is 0.308 e. The monoisotopic (exact) mass is 356 g/mol. The summed E-state index contributed by atoms with van der Waals surface area (Å²) in [6, 6.07) is 8.04. The van der Waals surface area contributed by atoms with E-state index >= 15 is 0 Å². The zero-order valence-corrected chi connectivity index (χ0v) is 14.6. The van der Waals surface area contributed by atoms with Crippen molar-refractivity contribution in [3.05, 3.63) is 41.4 Å². The molecule has 4 rings (SSSR count). The Morgan fingerprint density at radius 3 is 2.76 bits per heavy atom. The first kappa shape index (κ1) is 16.3. The van der Waals surface area contributed by atoms with Crippen LogP contribution in [0.4, 0.5) is 0 Å². The number of carboxylic acid groups (broad SMARTS) is 1. The number of allylic oxidation sites excluding steroid dienone is 2. The second kappa shape index (κ2) is 6.59. The molecule has 0 radical (unpaired) electrons. The lowest BCUT2D eigenvalue weighted by Crippen LogP contribution is -2.38. The van der Waals surface area contributed by atoms with Gasteiger partial charge in [0.15, 0.2) is 0 Å². The van der Waals surface area contributed by atoms with Crippen molar-refractivity contribution in [2.75, 3.05) is 13.1 Å². The van der Waals surface area contributed by atoms with E-state index in [-0.39, 0.29) is 17.7 Å². The molecule has 5 nitrogen and oxygen atoms in total. The highest BCUT2D eigenvalue weighted by Gasteiger charge is 2.38. The molecule has 25 heavy (non-hydrogen) atoms. The van der Waals surface area contributed by atoms with Crippen LogP contribution >= 0.6 is 11.3 Å². The highest BCUT2D eigenvalue weighted by molar-refractivity contribution is 7.18. The first-order valence-electron chi connectivity index (χ1n) is 8.65. The number of hydrogen-bond donors (Lipinski definition) is 1. The Labute approximate surface area is 150 Å². The molecule has 1 saturated heterocycles. The zero-order chi connectivity index (χ0) is 17.4. The van der Waals surface area contributed by atoms with Gasteiger partial charge in [-0.15, -0.1) is 11.3 Å². The maximum atomic E-state index is 13.0. The Hall–Kier alpha value is -2.21. The van der Waals surface area contributed by atoms with Crippen molar-refractivity contribution >= 4 is 33.4 Å². The van der Waals surface area contributed by atoms with E-state index in [1.807, 2.05) is 18.2 Å². The lowest BCUT2D eigenvalue weighted by atomic mass is 9.82. The number of amides is 1. The number of carbonyl (C=O) groups is 2. The molecule has 1 aliphatic heterocycles. The fourth-order valence-corrected chi connectivity index (χ4v) is 4.95. The van der Waals surface area contributed by atoms with E-state index in [0.717, 1.165) is 21.6 Å². The topological polar surface area (TPSA) is 70.5 Å². The van der Waals surface area contributed by atoms with Crippen LogP contribution in [0.25, 0.3) is 10.2 Å². The Morgan fingerprint density at radius 1 is 1.20 bits per heavy atom. The van der Waals surface area contributed by atoms with Crippen LogP contribution in [0.15, 0.2) is 36.4 Å². The van der Waals surface area contributed by atoms with E-state index in [4.69, 9.17) is 4.98 Å². The van der Waals surface area contributed by atoms with Gasteiger partial charge in [0.05, 0.1) is 27.1 Å². The minimum absolute atomic E-state index is 0.0809. The summed E-state index contributed by atoms with van der Waals surface area (Å²) in [5.74, 6) is -1.21. The third kappa shape index (κ3) is 3.06. The summed E-state index contributed by atoms with van der Waals surface area (Å²) >= 11 is 1.66. The Balaban J connectivity index is 1.58.